The van der Waals surface area contributed by atoms with Crippen molar-refractivity contribution >= 4 is 29.4 Å². The van der Waals surface area contributed by atoms with Crippen LogP contribution in [0.1, 0.15) is 12.6 Å². The molecule has 0 aromatic carbocycles. The summed E-state index contributed by atoms with van der Waals surface area (Å²) < 4.78 is 60.6. The monoisotopic (exact) mass is 556 g/mol. The molecule has 0 saturated carbocycles. The maximum Gasteiger partial charge on any atom is 0.490 e. The van der Waals surface area contributed by atoms with Crippen LogP contribution >= 0.6 is 23.5 Å². The number of aromatic nitrogens is 2. The molecule has 1 aliphatic heterocycles. The van der Waals surface area contributed by atoms with E-state index in [9.17, 15) is 38.1 Å². The fourth-order valence-corrected chi connectivity index (χ4v) is 5.52. The number of methoxy groups -OCH3 is 1. The average molecular weight is 556 g/mol. The summed E-state index contributed by atoms with van der Waals surface area (Å²) in [5.74, 6) is -1.30. The third-order valence-corrected chi connectivity index (χ3v) is 7.64. The highest BCUT2D eigenvalue weighted by Gasteiger charge is 2.43. The summed E-state index contributed by atoms with van der Waals surface area (Å²) in [7, 11) is -15.7. The van der Waals surface area contributed by atoms with Gasteiger partial charge in [-0.25, -0.2) is 23.3 Å². The Morgan fingerprint density at radius 1 is 1.18 bits per heavy atom. The van der Waals surface area contributed by atoms with Gasteiger partial charge in [0.15, 0.2) is 6.61 Å². The molecule has 1 aromatic rings. The quantitative estimate of drug-likeness (QED) is 0.128. The van der Waals surface area contributed by atoms with Gasteiger partial charge in [-0.3, -0.25) is 18.9 Å². The van der Waals surface area contributed by atoms with Crippen LogP contribution in [0.25, 0.3) is 0 Å². The summed E-state index contributed by atoms with van der Waals surface area (Å²) in [6, 6.07) is 0. The molecule has 0 amide bonds. The van der Waals surface area contributed by atoms with Gasteiger partial charge in [-0.15, -0.1) is 0 Å². The number of ether oxygens (including phenoxy) is 3. The molecule has 1 saturated heterocycles. The highest BCUT2D eigenvalue weighted by molar-refractivity contribution is 7.66. The fraction of sp³-hybridized carbons (Fsp3) is 0.583. The minimum absolute atomic E-state index is 0.313. The van der Waals surface area contributed by atoms with Gasteiger partial charge < -0.3 is 38.9 Å². The number of esters is 1. The molecule has 2 heterocycles. The van der Waals surface area contributed by atoms with Gasteiger partial charge in [-0.2, -0.15) is 8.62 Å². The molecule has 1 fully saturated rings. The number of nitrogens with one attached hydrogen (secondary N) is 1. The normalized spacial score (nSPS) is 24.2. The van der Waals surface area contributed by atoms with Crippen LogP contribution in [0.5, 0.6) is 5.75 Å². The number of hydrogen-bond acceptors (Lipinski definition) is 13. The summed E-state index contributed by atoms with van der Waals surface area (Å²) in [6.07, 6.45) is -3.56. The summed E-state index contributed by atoms with van der Waals surface area (Å²) in [6.45, 7) is -1.63. The van der Waals surface area contributed by atoms with Gasteiger partial charge in [0.05, 0.1) is 26.0 Å². The van der Waals surface area contributed by atoms with Gasteiger partial charge >= 0.3 is 35.1 Å². The third-order valence-electron chi connectivity index (χ3n) is 3.84. The van der Waals surface area contributed by atoms with Crippen LogP contribution < -0.4 is 16.0 Å². The second-order valence-electron chi connectivity index (χ2n) is 6.34. The number of aliphatic hydroxyl groups excluding tert-OH is 1. The molecule has 6 N–H and O–H groups in total. The van der Waals surface area contributed by atoms with E-state index in [0.717, 1.165) is 17.9 Å². The fourth-order valence-electron chi connectivity index (χ4n) is 2.49. The van der Waals surface area contributed by atoms with Crippen LogP contribution in [0.15, 0.2) is 15.8 Å². The first kappa shape index (κ1) is 28.5. The van der Waals surface area contributed by atoms with Crippen LogP contribution in [-0.2, 0) is 41.1 Å². The zero-order chi connectivity index (χ0) is 25.9. The van der Waals surface area contributed by atoms with Crippen molar-refractivity contribution in [1.82, 2.24) is 9.55 Å². The summed E-state index contributed by atoms with van der Waals surface area (Å²) in [4.78, 5) is 72.5. The van der Waals surface area contributed by atoms with Gasteiger partial charge in [0.1, 0.15) is 12.3 Å². The van der Waals surface area contributed by atoms with E-state index in [1.807, 2.05) is 4.98 Å². The molecular weight excluding hydrogens is 537 g/mol. The lowest BCUT2D eigenvalue weighted by molar-refractivity contribution is -0.142. The molecular formula is C12H19N2O17P3. The lowest BCUT2D eigenvalue weighted by atomic mass is 10.2. The first-order valence-electron chi connectivity index (χ1n) is 8.69. The first-order valence-corrected chi connectivity index (χ1v) is 13.2. The van der Waals surface area contributed by atoms with E-state index >= 15 is 0 Å². The van der Waals surface area contributed by atoms with E-state index in [1.165, 1.54) is 0 Å². The van der Waals surface area contributed by atoms with Crippen molar-refractivity contribution in [3.05, 3.63) is 27.0 Å². The molecule has 2 unspecified atom stereocenters. The van der Waals surface area contributed by atoms with Gasteiger partial charge in [0.2, 0.25) is 5.75 Å². The van der Waals surface area contributed by atoms with Crippen LogP contribution in [0.4, 0.5) is 0 Å². The van der Waals surface area contributed by atoms with Crippen molar-refractivity contribution in [2.75, 3.05) is 20.3 Å². The van der Waals surface area contributed by atoms with Gasteiger partial charge in [-0.1, -0.05) is 0 Å². The molecule has 1 aromatic heterocycles. The summed E-state index contributed by atoms with van der Waals surface area (Å²) in [5.41, 5.74) is -1.98. The maximum atomic E-state index is 12.1. The molecule has 5 atom stereocenters. The standard InChI is InChI=1S/C12H19N2O17P3/c1-26-10(16)5-27-7-3-14(12(18)13-11(7)17)9-2-6(15)8(29-9)4-28-33(22,23)31-34(24,25)30-32(19,20)21/h3,6,8-9,15H,2,4-5H2,1H3,(H,22,23)(H,24,25)(H,13,17,18)(H2,19,20,21)/t6-,8-,9-/m1/s1. The SMILES string of the molecule is COC(=O)COc1cn([C@H]2C[C@@H](O)[C@@H](COP(=O)(O)OP(=O)(O)OP(=O)(O)O)O2)c(=O)[nH]c1=O. The Labute approximate surface area is 188 Å². The first-order chi connectivity index (χ1) is 15.5. The van der Waals surface area contributed by atoms with Gasteiger partial charge in [-0.05, 0) is 0 Å². The molecule has 0 aliphatic carbocycles. The lowest BCUT2D eigenvalue weighted by Gasteiger charge is -2.19. The van der Waals surface area contributed by atoms with Crippen molar-refractivity contribution < 1.29 is 70.5 Å². The third kappa shape index (κ3) is 8.49. The van der Waals surface area contributed by atoms with Gasteiger partial charge in [0, 0.05) is 6.42 Å². The molecule has 0 radical (unpaired) electrons. The van der Waals surface area contributed by atoms with Gasteiger partial charge in [0.25, 0.3) is 5.56 Å². The van der Waals surface area contributed by atoms with E-state index in [-0.39, 0.29) is 6.42 Å². The largest absolute Gasteiger partial charge is 0.490 e. The number of hydrogen-bond donors (Lipinski definition) is 6. The number of H-pyrrole nitrogens is 1. The molecule has 22 heteroatoms. The highest BCUT2D eigenvalue weighted by atomic mass is 31.3. The van der Waals surface area contributed by atoms with E-state index < -0.39 is 78.1 Å². The molecule has 0 spiro atoms. The number of carbonyl (C=O) groups is 1. The predicted octanol–water partition coefficient (Wildman–Crippen LogP) is -1.92. The van der Waals surface area contributed by atoms with E-state index in [2.05, 4.69) is 17.9 Å². The average Bonchev–Trinajstić information content (AvgIpc) is 3.03. The van der Waals surface area contributed by atoms with E-state index in [1.54, 1.807) is 0 Å². The number of aliphatic hydroxyl groups is 1. The van der Waals surface area contributed by atoms with Crippen LogP contribution in [0.3, 0.4) is 0 Å². The van der Waals surface area contributed by atoms with Crippen molar-refractivity contribution in [3.63, 3.8) is 0 Å². The zero-order valence-electron chi connectivity index (χ0n) is 16.9. The Bertz CT molecular complexity index is 1160. The van der Waals surface area contributed by atoms with Crippen LogP contribution in [0.2, 0.25) is 0 Å². The Hall–Kier alpha value is -1.72. The minimum Gasteiger partial charge on any atom is -0.475 e. The molecule has 194 valence electrons. The second-order valence-corrected chi connectivity index (χ2v) is 10.8. The lowest BCUT2D eigenvalue weighted by Crippen LogP contribution is -2.33. The highest BCUT2D eigenvalue weighted by Crippen LogP contribution is 2.66. The minimum atomic E-state index is -5.74. The van der Waals surface area contributed by atoms with E-state index in [0.29, 0.717) is 0 Å². The smallest absolute Gasteiger partial charge is 0.475 e. The topological polar surface area (TPSA) is 280 Å². The Morgan fingerprint density at radius 2 is 1.82 bits per heavy atom. The number of aromatic amines is 1. The number of carbonyl (C=O) groups excluding carboxylic acids is 1. The molecule has 0 bridgehead atoms. The van der Waals surface area contributed by atoms with Crippen molar-refractivity contribution in [1.29, 1.82) is 0 Å². The van der Waals surface area contributed by atoms with E-state index in [4.69, 9.17) is 24.2 Å². The van der Waals surface area contributed by atoms with Crippen molar-refractivity contribution in [2.45, 2.75) is 24.9 Å². The van der Waals surface area contributed by atoms with Crippen LogP contribution in [-0.4, -0.2) is 72.7 Å². The Balaban J connectivity index is 2.07. The second kappa shape index (κ2) is 10.9. The Morgan fingerprint density at radius 3 is 2.41 bits per heavy atom. The van der Waals surface area contributed by atoms with Crippen molar-refractivity contribution in [3.8, 4) is 5.75 Å². The molecule has 2 rings (SSSR count). The predicted molar refractivity (Wildman–Crippen MR) is 103 cm³/mol. The number of nitrogens with zero attached hydrogens (tertiary/aromatic N) is 1. The summed E-state index contributed by atoms with van der Waals surface area (Å²) in [5, 5.41) is 10.1. The summed E-state index contributed by atoms with van der Waals surface area (Å²) >= 11 is 0. The molecule has 19 nitrogen and oxygen atoms in total. The number of phosphoric acid groups is 3. The molecule has 34 heavy (non-hydrogen) atoms. The Kier molecular flexibility index (Phi) is 9.15. The number of rotatable bonds is 11. The maximum absolute atomic E-state index is 12.1. The van der Waals surface area contributed by atoms with Crippen LogP contribution in [0, 0.1) is 0 Å². The number of phosphoric ester groups is 1. The van der Waals surface area contributed by atoms with Crippen molar-refractivity contribution in [2.24, 2.45) is 0 Å². The molecule has 1 aliphatic rings. The zero-order valence-corrected chi connectivity index (χ0v) is 19.5.